The Labute approximate surface area is 117 Å². The van der Waals surface area contributed by atoms with Crippen LogP contribution in [-0.4, -0.2) is 13.0 Å². The minimum Gasteiger partial charge on any atom is -0.496 e. The number of halogens is 2. The standard InChI is InChI=1S/C13H19BrClNO/c1-7-8(2)13(17-4)11(9(3)12(7)14)10(16)5-6-15/h10H,5-6,16H2,1-4H3. The fourth-order valence-corrected chi connectivity index (χ4v) is 2.82. The molecule has 0 heterocycles. The first-order valence-electron chi connectivity index (χ1n) is 5.60. The van der Waals surface area contributed by atoms with Crippen LogP contribution in [0.15, 0.2) is 4.47 Å². The van der Waals surface area contributed by atoms with E-state index in [0.717, 1.165) is 33.3 Å². The lowest BCUT2D eigenvalue weighted by atomic mass is 9.93. The molecule has 0 saturated heterocycles. The van der Waals surface area contributed by atoms with E-state index in [-0.39, 0.29) is 6.04 Å². The largest absolute Gasteiger partial charge is 0.496 e. The Morgan fingerprint density at radius 1 is 1.24 bits per heavy atom. The molecule has 0 aliphatic heterocycles. The Bertz CT molecular complexity index is 421. The number of hydrogen-bond acceptors (Lipinski definition) is 2. The third kappa shape index (κ3) is 2.78. The zero-order valence-corrected chi connectivity index (χ0v) is 13.1. The van der Waals surface area contributed by atoms with Crippen LogP contribution in [0.1, 0.15) is 34.7 Å². The lowest BCUT2D eigenvalue weighted by Gasteiger charge is -2.22. The second-order valence-electron chi connectivity index (χ2n) is 4.22. The van der Waals surface area contributed by atoms with Crippen molar-refractivity contribution in [2.75, 3.05) is 13.0 Å². The molecule has 0 spiro atoms. The number of alkyl halides is 1. The molecule has 1 aromatic rings. The minimum absolute atomic E-state index is 0.0851. The zero-order chi connectivity index (χ0) is 13.2. The molecular formula is C13H19BrClNO. The summed E-state index contributed by atoms with van der Waals surface area (Å²) in [4.78, 5) is 0. The molecule has 1 rings (SSSR count). The molecule has 17 heavy (non-hydrogen) atoms. The zero-order valence-electron chi connectivity index (χ0n) is 10.7. The lowest BCUT2D eigenvalue weighted by Crippen LogP contribution is -2.15. The summed E-state index contributed by atoms with van der Waals surface area (Å²) in [5, 5.41) is 0. The van der Waals surface area contributed by atoms with E-state index >= 15 is 0 Å². The van der Waals surface area contributed by atoms with Gasteiger partial charge in [0.05, 0.1) is 7.11 Å². The maximum absolute atomic E-state index is 6.19. The van der Waals surface area contributed by atoms with Gasteiger partial charge in [-0.1, -0.05) is 15.9 Å². The first kappa shape index (κ1) is 14.8. The van der Waals surface area contributed by atoms with E-state index in [9.17, 15) is 0 Å². The summed E-state index contributed by atoms with van der Waals surface area (Å²) < 4.78 is 6.62. The van der Waals surface area contributed by atoms with Crippen LogP contribution < -0.4 is 10.5 Å². The summed E-state index contributed by atoms with van der Waals surface area (Å²) in [6.07, 6.45) is 0.744. The van der Waals surface area contributed by atoms with Crippen molar-refractivity contribution in [2.24, 2.45) is 5.73 Å². The van der Waals surface area contributed by atoms with Crippen molar-refractivity contribution in [3.8, 4) is 5.75 Å². The van der Waals surface area contributed by atoms with Gasteiger partial charge >= 0.3 is 0 Å². The average molecular weight is 321 g/mol. The molecule has 96 valence electrons. The number of methoxy groups -OCH3 is 1. The molecule has 0 aliphatic carbocycles. The van der Waals surface area contributed by atoms with Gasteiger partial charge in [-0.05, 0) is 43.9 Å². The van der Waals surface area contributed by atoms with Gasteiger partial charge in [-0.25, -0.2) is 0 Å². The van der Waals surface area contributed by atoms with Crippen LogP contribution >= 0.6 is 27.5 Å². The van der Waals surface area contributed by atoms with E-state index in [1.807, 2.05) is 0 Å². The van der Waals surface area contributed by atoms with Gasteiger partial charge in [0.2, 0.25) is 0 Å². The van der Waals surface area contributed by atoms with Gasteiger partial charge < -0.3 is 10.5 Å². The molecule has 0 amide bonds. The number of rotatable bonds is 4. The number of nitrogens with two attached hydrogens (primary N) is 1. The average Bonchev–Trinajstić information content (AvgIpc) is 2.31. The van der Waals surface area contributed by atoms with E-state index in [1.165, 1.54) is 5.56 Å². The summed E-state index contributed by atoms with van der Waals surface area (Å²) in [7, 11) is 1.69. The maximum Gasteiger partial charge on any atom is 0.127 e. The molecule has 0 bridgehead atoms. The van der Waals surface area contributed by atoms with Gasteiger partial charge in [0.1, 0.15) is 5.75 Å². The Hall–Kier alpha value is -0.250. The van der Waals surface area contributed by atoms with Crippen molar-refractivity contribution in [1.82, 2.24) is 0 Å². The van der Waals surface area contributed by atoms with Crippen molar-refractivity contribution in [3.63, 3.8) is 0 Å². The van der Waals surface area contributed by atoms with E-state index in [4.69, 9.17) is 22.1 Å². The lowest BCUT2D eigenvalue weighted by molar-refractivity contribution is 0.400. The predicted molar refractivity (Wildman–Crippen MR) is 77.2 cm³/mol. The third-order valence-electron chi connectivity index (χ3n) is 3.21. The van der Waals surface area contributed by atoms with Crippen molar-refractivity contribution >= 4 is 27.5 Å². The third-order valence-corrected chi connectivity index (χ3v) is 4.61. The topological polar surface area (TPSA) is 35.2 Å². The molecule has 2 N–H and O–H groups in total. The maximum atomic E-state index is 6.19. The highest BCUT2D eigenvalue weighted by molar-refractivity contribution is 9.10. The minimum atomic E-state index is -0.0851. The number of hydrogen-bond donors (Lipinski definition) is 1. The number of benzene rings is 1. The van der Waals surface area contributed by atoms with E-state index in [2.05, 4.69) is 36.7 Å². The summed E-state index contributed by atoms with van der Waals surface area (Å²) in [6.45, 7) is 6.18. The van der Waals surface area contributed by atoms with Crippen LogP contribution in [0.2, 0.25) is 0 Å². The molecule has 1 aromatic carbocycles. The smallest absolute Gasteiger partial charge is 0.127 e. The van der Waals surface area contributed by atoms with Crippen molar-refractivity contribution < 1.29 is 4.74 Å². The molecule has 1 atom stereocenters. The van der Waals surface area contributed by atoms with Crippen LogP contribution in [-0.2, 0) is 0 Å². The van der Waals surface area contributed by atoms with Crippen LogP contribution in [0.25, 0.3) is 0 Å². The first-order chi connectivity index (χ1) is 7.95. The van der Waals surface area contributed by atoms with Crippen molar-refractivity contribution in [2.45, 2.75) is 33.2 Å². The molecule has 0 aliphatic rings. The SMILES string of the molecule is COc1c(C)c(C)c(Br)c(C)c1C(N)CCCl. The van der Waals surface area contributed by atoms with E-state index < -0.39 is 0 Å². The fraction of sp³-hybridized carbons (Fsp3) is 0.538. The Kier molecular flexibility index (Phi) is 5.29. The fourth-order valence-electron chi connectivity index (χ4n) is 2.08. The van der Waals surface area contributed by atoms with Gasteiger partial charge in [-0.15, -0.1) is 11.6 Å². The summed E-state index contributed by atoms with van der Waals surface area (Å²) >= 11 is 9.39. The van der Waals surface area contributed by atoms with Crippen molar-refractivity contribution in [3.05, 3.63) is 26.7 Å². The summed E-state index contributed by atoms with van der Waals surface area (Å²) in [5.74, 6) is 1.44. The Balaban J connectivity index is 3.46. The molecule has 0 radical (unpaired) electrons. The second-order valence-corrected chi connectivity index (χ2v) is 5.39. The molecule has 2 nitrogen and oxygen atoms in total. The molecule has 0 aromatic heterocycles. The molecule has 4 heteroatoms. The van der Waals surface area contributed by atoms with Gasteiger partial charge in [-0.3, -0.25) is 0 Å². The van der Waals surface area contributed by atoms with Crippen LogP contribution in [0.3, 0.4) is 0 Å². The second kappa shape index (κ2) is 6.07. The van der Waals surface area contributed by atoms with Crippen LogP contribution in [0.4, 0.5) is 0 Å². The normalized spacial score (nSPS) is 12.6. The summed E-state index contributed by atoms with van der Waals surface area (Å²) in [5.41, 5.74) is 10.7. The number of ether oxygens (including phenoxy) is 1. The highest BCUT2D eigenvalue weighted by Crippen LogP contribution is 2.39. The highest BCUT2D eigenvalue weighted by atomic mass is 79.9. The Morgan fingerprint density at radius 2 is 1.82 bits per heavy atom. The molecular weight excluding hydrogens is 302 g/mol. The van der Waals surface area contributed by atoms with E-state index in [1.54, 1.807) is 7.11 Å². The monoisotopic (exact) mass is 319 g/mol. The highest BCUT2D eigenvalue weighted by Gasteiger charge is 2.20. The Morgan fingerprint density at radius 3 is 2.29 bits per heavy atom. The van der Waals surface area contributed by atoms with Gasteiger partial charge in [-0.2, -0.15) is 0 Å². The van der Waals surface area contributed by atoms with Gasteiger partial charge in [0.15, 0.2) is 0 Å². The van der Waals surface area contributed by atoms with Gasteiger partial charge in [0.25, 0.3) is 0 Å². The molecule has 0 fully saturated rings. The predicted octanol–water partition coefficient (Wildman–Crippen LogP) is 4.01. The quantitative estimate of drug-likeness (QED) is 0.851. The van der Waals surface area contributed by atoms with Crippen LogP contribution in [0, 0.1) is 20.8 Å². The molecule has 0 saturated carbocycles. The summed E-state index contributed by atoms with van der Waals surface area (Å²) in [6, 6.07) is -0.0851. The molecule has 1 unspecified atom stereocenters. The van der Waals surface area contributed by atoms with Crippen LogP contribution in [0.5, 0.6) is 5.75 Å². The first-order valence-corrected chi connectivity index (χ1v) is 6.93. The van der Waals surface area contributed by atoms with Gasteiger partial charge in [0, 0.05) is 22.0 Å². The van der Waals surface area contributed by atoms with E-state index in [0.29, 0.717) is 5.88 Å². The van der Waals surface area contributed by atoms with Crippen molar-refractivity contribution in [1.29, 1.82) is 0 Å².